The van der Waals surface area contributed by atoms with E-state index in [0.717, 1.165) is 34.1 Å². The smallest absolute Gasteiger partial charge is 0.314 e. The molecule has 0 saturated heterocycles. The molecule has 0 fully saturated rings. The van der Waals surface area contributed by atoms with Gasteiger partial charge in [0.25, 0.3) is 5.56 Å². The molecule has 0 spiro atoms. The minimum Gasteiger partial charge on any atom is -0.314 e. The molecule has 3 aromatic carbocycles. The first kappa shape index (κ1) is 26.6. The number of urea groups is 1. The third-order valence-electron chi connectivity index (χ3n) is 6.70. The quantitative estimate of drug-likeness (QED) is 0.242. The van der Waals surface area contributed by atoms with Crippen LogP contribution in [0.3, 0.4) is 0 Å². The summed E-state index contributed by atoms with van der Waals surface area (Å²) in [5.74, 6) is 0.565. The molecule has 4 rings (SSSR count). The molecule has 4 aromatic rings. The fraction of sp³-hybridized carbons (Fsp3) is 0.300. The average molecular weight is 562 g/mol. The summed E-state index contributed by atoms with van der Waals surface area (Å²) in [6, 6.07) is 20.3. The van der Waals surface area contributed by atoms with Gasteiger partial charge in [0.1, 0.15) is 5.82 Å². The van der Waals surface area contributed by atoms with Crippen molar-refractivity contribution in [1.82, 2.24) is 14.5 Å². The van der Waals surface area contributed by atoms with Crippen molar-refractivity contribution in [3.63, 3.8) is 0 Å². The summed E-state index contributed by atoms with van der Waals surface area (Å²) in [5.41, 5.74) is 4.19. The molecule has 1 atom stereocenters. The van der Waals surface area contributed by atoms with E-state index in [4.69, 9.17) is 4.98 Å². The molecule has 0 saturated carbocycles. The van der Waals surface area contributed by atoms with Crippen molar-refractivity contribution in [2.24, 2.45) is 0 Å². The summed E-state index contributed by atoms with van der Waals surface area (Å²) in [4.78, 5) is 34.4. The van der Waals surface area contributed by atoms with Gasteiger partial charge in [-0.15, -0.1) is 0 Å². The summed E-state index contributed by atoms with van der Waals surface area (Å²) in [6.45, 7) is 8.76. The highest BCUT2D eigenvalue weighted by molar-refractivity contribution is 9.10. The van der Waals surface area contributed by atoms with Gasteiger partial charge >= 0.3 is 6.03 Å². The van der Waals surface area contributed by atoms with E-state index in [0.29, 0.717) is 35.4 Å². The number of carbonyl (C=O) groups excluding carboxylic acids is 1. The van der Waals surface area contributed by atoms with Gasteiger partial charge in [-0.25, -0.2) is 9.78 Å². The second-order valence-electron chi connectivity index (χ2n) is 9.31. The lowest BCUT2D eigenvalue weighted by atomic mass is 10.1. The lowest BCUT2D eigenvalue weighted by Crippen LogP contribution is -2.41. The zero-order valence-electron chi connectivity index (χ0n) is 21.8. The van der Waals surface area contributed by atoms with Crippen molar-refractivity contribution in [3.8, 4) is 5.69 Å². The van der Waals surface area contributed by atoms with Gasteiger partial charge in [-0.05, 0) is 80.3 Å². The van der Waals surface area contributed by atoms with Gasteiger partial charge in [-0.1, -0.05) is 60.5 Å². The van der Waals surface area contributed by atoms with E-state index in [-0.39, 0.29) is 11.6 Å². The highest BCUT2D eigenvalue weighted by Gasteiger charge is 2.29. The first-order chi connectivity index (χ1) is 17.8. The van der Waals surface area contributed by atoms with Crippen LogP contribution in [0, 0.1) is 13.8 Å². The van der Waals surface area contributed by atoms with E-state index in [1.807, 2.05) is 85.5 Å². The summed E-state index contributed by atoms with van der Waals surface area (Å²) in [6.07, 6.45) is 2.38. The Bertz CT molecular complexity index is 1480. The molecule has 37 heavy (non-hydrogen) atoms. The zero-order valence-corrected chi connectivity index (χ0v) is 23.4. The van der Waals surface area contributed by atoms with E-state index in [2.05, 4.69) is 35.1 Å². The third kappa shape index (κ3) is 5.77. The Morgan fingerprint density at radius 2 is 1.81 bits per heavy atom. The fourth-order valence-corrected chi connectivity index (χ4v) is 4.92. The number of rotatable bonds is 8. The van der Waals surface area contributed by atoms with Gasteiger partial charge in [0.15, 0.2) is 0 Å². The zero-order chi connectivity index (χ0) is 26.5. The molecule has 1 unspecified atom stereocenters. The van der Waals surface area contributed by atoms with Gasteiger partial charge < -0.3 is 10.2 Å². The van der Waals surface area contributed by atoms with E-state index >= 15 is 0 Å². The number of aryl methyl sites for hydroxylation is 2. The summed E-state index contributed by atoms with van der Waals surface area (Å²) in [5, 5.41) is 3.60. The Balaban J connectivity index is 1.88. The van der Waals surface area contributed by atoms with E-state index in [9.17, 15) is 9.59 Å². The molecule has 7 heteroatoms. The van der Waals surface area contributed by atoms with Crippen LogP contribution >= 0.6 is 15.9 Å². The van der Waals surface area contributed by atoms with E-state index < -0.39 is 6.04 Å². The number of anilines is 1. The predicted molar refractivity (Wildman–Crippen MR) is 155 cm³/mol. The number of unbranched alkanes of at least 4 members (excludes halogenated alkanes) is 1. The lowest BCUT2D eigenvalue weighted by Gasteiger charge is -2.32. The molecule has 192 valence electrons. The minimum absolute atomic E-state index is 0.134. The largest absolute Gasteiger partial charge is 0.322 e. The molecular formula is C30H33BrN4O2. The van der Waals surface area contributed by atoms with Gasteiger partial charge in [0, 0.05) is 16.7 Å². The van der Waals surface area contributed by atoms with Gasteiger partial charge in [0.05, 0.1) is 22.6 Å². The number of amides is 2. The number of carbonyl (C=O) groups is 1. The number of halogens is 1. The van der Waals surface area contributed by atoms with Crippen LogP contribution in [-0.4, -0.2) is 27.0 Å². The third-order valence-corrected chi connectivity index (χ3v) is 7.19. The monoisotopic (exact) mass is 560 g/mol. The molecule has 1 heterocycles. The molecule has 1 aromatic heterocycles. The van der Waals surface area contributed by atoms with Crippen LogP contribution in [-0.2, 0) is 0 Å². The number of hydrogen-bond donors (Lipinski definition) is 1. The van der Waals surface area contributed by atoms with Crippen LogP contribution in [0.2, 0.25) is 0 Å². The van der Waals surface area contributed by atoms with Crippen LogP contribution in [0.4, 0.5) is 10.5 Å². The molecule has 0 aliphatic carbocycles. The fourth-order valence-electron chi connectivity index (χ4n) is 4.52. The van der Waals surface area contributed by atoms with Crippen LogP contribution in [0.15, 0.2) is 76.0 Å². The Labute approximate surface area is 226 Å². The van der Waals surface area contributed by atoms with Crippen LogP contribution in [0.25, 0.3) is 16.6 Å². The number of benzene rings is 3. The maximum Gasteiger partial charge on any atom is 0.322 e. The Kier molecular flexibility index (Phi) is 8.44. The topological polar surface area (TPSA) is 67.2 Å². The second-order valence-corrected chi connectivity index (χ2v) is 10.2. The molecule has 0 radical (unpaired) electrons. The van der Waals surface area contributed by atoms with Crippen molar-refractivity contribution in [2.45, 2.75) is 53.0 Å². The SMILES string of the molecule is CCCCN(C(=O)Nc1cccc(Br)c1)C(CC)c1nc2ccccc2c(=O)n1-c1ccc(C)c(C)c1. The van der Waals surface area contributed by atoms with E-state index in [1.165, 1.54) is 0 Å². The predicted octanol–water partition coefficient (Wildman–Crippen LogP) is 7.55. The minimum atomic E-state index is -0.405. The number of nitrogens with one attached hydrogen (secondary N) is 1. The second kappa shape index (κ2) is 11.7. The maximum atomic E-state index is 13.9. The summed E-state index contributed by atoms with van der Waals surface area (Å²) < 4.78 is 2.58. The average Bonchev–Trinajstić information content (AvgIpc) is 2.88. The van der Waals surface area contributed by atoms with Crippen molar-refractivity contribution in [1.29, 1.82) is 0 Å². The van der Waals surface area contributed by atoms with Crippen molar-refractivity contribution >= 4 is 38.6 Å². The van der Waals surface area contributed by atoms with Crippen LogP contribution in [0.1, 0.15) is 56.1 Å². The van der Waals surface area contributed by atoms with Gasteiger partial charge in [-0.3, -0.25) is 9.36 Å². The molecule has 0 aliphatic rings. The number of fused-ring (bicyclic) bond motifs is 1. The molecule has 0 aliphatic heterocycles. The van der Waals surface area contributed by atoms with Gasteiger partial charge in [0.2, 0.25) is 0 Å². The van der Waals surface area contributed by atoms with E-state index in [1.54, 1.807) is 4.57 Å². The van der Waals surface area contributed by atoms with Crippen molar-refractivity contribution in [3.05, 3.63) is 98.5 Å². The first-order valence-electron chi connectivity index (χ1n) is 12.8. The Hall–Kier alpha value is -3.45. The number of nitrogens with zero attached hydrogens (tertiary/aromatic N) is 3. The van der Waals surface area contributed by atoms with Crippen LogP contribution < -0.4 is 10.9 Å². The Morgan fingerprint density at radius 1 is 1.03 bits per heavy atom. The van der Waals surface area contributed by atoms with Gasteiger partial charge in [-0.2, -0.15) is 0 Å². The lowest BCUT2D eigenvalue weighted by molar-refractivity contribution is 0.180. The number of para-hydroxylation sites is 1. The van der Waals surface area contributed by atoms with Crippen molar-refractivity contribution in [2.75, 3.05) is 11.9 Å². The Morgan fingerprint density at radius 3 is 2.51 bits per heavy atom. The number of aromatic nitrogens is 2. The molecule has 2 amide bonds. The maximum absolute atomic E-state index is 13.9. The highest BCUT2D eigenvalue weighted by atomic mass is 79.9. The van der Waals surface area contributed by atoms with Crippen LogP contribution in [0.5, 0.6) is 0 Å². The highest BCUT2D eigenvalue weighted by Crippen LogP contribution is 2.28. The normalized spacial score (nSPS) is 11.9. The number of hydrogen-bond acceptors (Lipinski definition) is 3. The summed E-state index contributed by atoms with van der Waals surface area (Å²) >= 11 is 3.47. The molecular weight excluding hydrogens is 528 g/mol. The van der Waals surface area contributed by atoms with Crippen molar-refractivity contribution < 1.29 is 4.79 Å². The molecule has 1 N–H and O–H groups in total. The molecule has 6 nitrogen and oxygen atoms in total. The standard InChI is InChI=1S/C30H33BrN4O2/c1-5-7-17-34(30(37)32-23-12-10-11-22(31)19-23)27(6-2)28-33-26-14-9-8-13-25(26)29(36)35(28)24-16-15-20(3)21(4)18-24/h8-16,18-19,27H,5-7,17H2,1-4H3,(H,32,37). The first-order valence-corrected chi connectivity index (χ1v) is 13.6. The summed E-state index contributed by atoms with van der Waals surface area (Å²) in [7, 11) is 0. The molecule has 0 bridgehead atoms.